The summed E-state index contributed by atoms with van der Waals surface area (Å²) in [5.41, 5.74) is 3.24. The van der Waals surface area contributed by atoms with E-state index in [1.54, 1.807) is 11.0 Å². The molecule has 1 nitrogen and oxygen atoms in total. The van der Waals surface area contributed by atoms with Gasteiger partial charge in [-0.1, -0.05) is 140 Å². The summed E-state index contributed by atoms with van der Waals surface area (Å²) < 4.78 is 5.67. The number of benzene rings is 1. The summed E-state index contributed by atoms with van der Waals surface area (Å²) in [5.74, 6) is 2.60. The normalized spacial score (nSPS) is 11.5. The summed E-state index contributed by atoms with van der Waals surface area (Å²) in [7, 11) is 3.07. The molecule has 0 atom stereocenters. The van der Waals surface area contributed by atoms with Gasteiger partial charge < -0.3 is 4.74 Å². The van der Waals surface area contributed by atoms with E-state index in [0.717, 1.165) is 17.5 Å². The average molecular weight is 429 g/mol. The van der Waals surface area contributed by atoms with E-state index in [0.29, 0.717) is 0 Å². The zero-order chi connectivity index (χ0) is 22.7. The Hall–Kier alpha value is -0.915. The first-order valence-corrected chi connectivity index (χ1v) is 13.9. The summed E-state index contributed by atoms with van der Waals surface area (Å²) in [6.45, 7) is 9.29. The highest BCUT2D eigenvalue weighted by molar-refractivity contribution is 6.55. The van der Waals surface area contributed by atoms with Crippen LogP contribution < -0.4 is 10.2 Å². The van der Waals surface area contributed by atoms with Crippen molar-refractivity contribution >= 4 is 12.7 Å². The van der Waals surface area contributed by atoms with E-state index in [2.05, 4.69) is 45.9 Å². The van der Waals surface area contributed by atoms with Crippen LogP contribution in [0, 0.1) is 0 Å². The van der Waals surface area contributed by atoms with Crippen LogP contribution >= 0.6 is 0 Å². The standard InChI is InChI=1S/C29H53BO/c1-6-10-14-18-25(19-15-11-7-2)28-23-22-27(31-5)24-29(28)30-26(20-16-12-8-3)21-17-13-9-4/h22-26,30H,6-21H2,1-5H3. The molecule has 0 fully saturated rings. The smallest absolute Gasteiger partial charge is 0.161 e. The average Bonchev–Trinajstić information content (AvgIpc) is 2.78. The fourth-order valence-corrected chi connectivity index (χ4v) is 5.05. The first-order chi connectivity index (χ1) is 15.2. The van der Waals surface area contributed by atoms with Crippen molar-refractivity contribution in [1.82, 2.24) is 0 Å². The van der Waals surface area contributed by atoms with Crippen LogP contribution in [0.1, 0.15) is 142 Å². The molecule has 31 heavy (non-hydrogen) atoms. The Morgan fingerprint density at radius 3 is 1.61 bits per heavy atom. The molecule has 0 saturated carbocycles. The molecule has 0 saturated heterocycles. The van der Waals surface area contributed by atoms with Gasteiger partial charge in [0.05, 0.1) is 7.11 Å². The van der Waals surface area contributed by atoms with Crippen molar-refractivity contribution in [2.45, 2.75) is 142 Å². The highest BCUT2D eigenvalue weighted by atomic mass is 16.5. The van der Waals surface area contributed by atoms with Crippen molar-refractivity contribution in [2.24, 2.45) is 0 Å². The van der Waals surface area contributed by atoms with Crippen molar-refractivity contribution in [1.29, 1.82) is 0 Å². The van der Waals surface area contributed by atoms with Gasteiger partial charge in [0.25, 0.3) is 0 Å². The molecular weight excluding hydrogens is 375 g/mol. The summed E-state index contributed by atoms with van der Waals surface area (Å²) >= 11 is 0. The van der Waals surface area contributed by atoms with E-state index < -0.39 is 0 Å². The van der Waals surface area contributed by atoms with E-state index in [-0.39, 0.29) is 0 Å². The van der Waals surface area contributed by atoms with E-state index in [4.69, 9.17) is 4.74 Å². The van der Waals surface area contributed by atoms with Crippen molar-refractivity contribution in [3.8, 4) is 5.75 Å². The second-order valence-corrected chi connectivity index (χ2v) is 9.81. The molecule has 0 heterocycles. The van der Waals surface area contributed by atoms with Gasteiger partial charge in [0.15, 0.2) is 7.28 Å². The first kappa shape index (κ1) is 28.1. The van der Waals surface area contributed by atoms with Crippen molar-refractivity contribution in [3.63, 3.8) is 0 Å². The van der Waals surface area contributed by atoms with Crippen LogP contribution in [-0.4, -0.2) is 14.4 Å². The lowest BCUT2D eigenvalue weighted by molar-refractivity contribution is 0.414. The molecule has 0 radical (unpaired) electrons. The largest absolute Gasteiger partial charge is 0.497 e. The summed E-state index contributed by atoms with van der Waals surface area (Å²) in [6.07, 6.45) is 21.8. The molecule has 178 valence electrons. The Balaban J connectivity index is 3.05. The second kappa shape index (κ2) is 18.6. The molecule has 1 aromatic carbocycles. The maximum atomic E-state index is 5.67. The number of hydrogen-bond acceptors (Lipinski definition) is 1. The van der Waals surface area contributed by atoms with Crippen LogP contribution in [0.3, 0.4) is 0 Å². The van der Waals surface area contributed by atoms with E-state index in [1.165, 1.54) is 110 Å². The molecule has 0 bridgehead atoms. The monoisotopic (exact) mass is 428 g/mol. The molecule has 0 amide bonds. The molecule has 0 N–H and O–H groups in total. The van der Waals surface area contributed by atoms with Gasteiger partial charge in [0.1, 0.15) is 5.75 Å². The summed E-state index contributed by atoms with van der Waals surface area (Å²) in [4.78, 5) is 0. The van der Waals surface area contributed by atoms with Gasteiger partial charge in [0, 0.05) is 0 Å². The lowest BCUT2D eigenvalue weighted by Gasteiger charge is -2.24. The van der Waals surface area contributed by atoms with Gasteiger partial charge in [0.2, 0.25) is 0 Å². The molecule has 0 aromatic heterocycles. The predicted octanol–water partition coefficient (Wildman–Crippen LogP) is 8.95. The minimum absolute atomic E-state index is 0.728. The fourth-order valence-electron chi connectivity index (χ4n) is 5.05. The third kappa shape index (κ3) is 12.0. The third-order valence-corrected chi connectivity index (χ3v) is 7.04. The highest BCUT2D eigenvalue weighted by Gasteiger charge is 2.20. The maximum absolute atomic E-state index is 5.67. The first-order valence-electron chi connectivity index (χ1n) is 13.9. The molecule has 0 aliphatic carbocycles. The van der Waals surface area contributed by atoms with Gasteiger partial charge in [-0.05, 0) is 30.9 Å². The summed E-state index contributed by atoms with van der Waals surface area (Å²) in [6, 6.07) is 7.02. The minimum atomic E-state index is 0.728. The number of ether oxygens (including phenoxy) is 1. The van der Waals surface area contributed by atoms with Crippen molar-refractivity contribution < 1.29 is 4.74 Å². The Morgan fingerprint density at radius 1 is 0.677 bits per heavy atom. The third-order valence-electron chi connectivity index (χ3n) is 7.04. The Kier molecular flexibility index (Phi) is 16.9. The summed E-state index contributed by atoms with van der Waals surface area (Å²) in [5, 5.41) is 0. The molecule has 2 heteroatoms. The SMILES string of the molecule is CCCCCC(Bc1cc(OC)ccc1C(CCCCC)CCCCC)CCCCC. The number of methoxy groups -OCH3 is 1. The zero-order valence-electron chi connectivity index (χ0n) is 21.8. The van der Waals surface area contributed by atoms with Crippen LogP contribution in [0.4, 0.5) is 0 Å². The zero-order valence-corrected chi connectivity index (χ0v) is 21.8. The molecule has 1 aromatic rings. The minimum Gasteiger partial charge on any atom is -0.497 e. The maximum Gasteiger partial charge on any atom is 0.161 e. The number of hydrogen-bond donors (Lipinski definition) is 0. The van der Waals surface area contributed by atoms with Crippen LogP contribution in [0.5, 0.6) is 5.75 Å². The molecule has 0 aliphatic rings. The fraction of sp³-hybridized carbons (Fsp3) is 0.793. The van der Waals surface area contributed by atoms with E-state index in [1.807, 2.05) is 7.11 Å². The van der Waals surface area contributed by atoms with Gasteiger partial charge in [-0.3, -0.25) is 0 Å². The highest BCUT2D eigenvalue weighted by Crippen LogP contribution is 2.30. The lowest BCUT2D eigenvalue weighted by atomic mass is 9.54. The van der Waals surface area contributed by atoms with E-state index >= 15 is 0 Å². The molecule has 1 rings (SSSR count). The van der Waals surface area contributed by atoms with Crippen LogP contribution in [0.15, 0.2) is 18.2 Å². The number of unbranched alkanes of at least 4 members (excludes halogenated alkanes) is 8. The van der Waals surface area contributed by atoms with Gasteiger partial charge in [-0.2, -0.15) is 0 Å². The van der Waals surface area contributed by atoms with Crippen LogP contribution in [0.2, 0.25) is 5.82 Å². The molecule has 0 unspecified atom stereocenters. The topological polar surface area (TPSA) is 9.23 Å². The quantitative estimate of drug-likeness (QED) is 0.149. The second-order valence-electron chi connectivity index (χ2n) is 9.81. The molecular formula is C29H53BO. The molecule has 0 spiro atoms. The Bertz CT molecular complexity index is 522. The lowest BCUT2D eigenvalue weighted by Crippen LogP contribution is -2.26. The Morgan fingerprint density at radius 2 is 1.16 bits per heavy atom. The molecule has 0 aliphatic heterocycles. The van der Waals surface area contributed by atoms with E-state index in [9.17, 15) is 0 Å². The van der Waals surface area contributed by atoms with Gasteiger partial charge in [-0.15, -0.1) is 0 Å². The predicted molar refractivity (Wildman–Crippen MR) is 143 cm³/mol. The van der Waals surface area contributed by atoms with Crippen LogP contribution in [0.25, 0.3) is 0 Å². The van der Waals surface area contributed by atoms with Crippen molar-refractivity contribution in [3.05, 3.63) is 23.8 Å². The van der Waals surface area contributed by atoms with Crippen LogP contribution in [-0.2, 0) is 0 Å². The Labute approximate surface area is 196 Å². The number of rotatable bonds is 20. The van der Waals surface area contributed by atoms with Gasteiger partial charge >= 0.3 is 0 Å². The van der Waals surface area contributed by atoms with Gasteiger partial charge in [-0.25, -0.2) is 0 Å². The van der Waals surface area contributed by atoms with Crippen molar-refractivity contribution in [2.75, 3.05) is 7.11 Å².